The maximum absolute atomic E-state index is 13.4. The van der Waals surface area contributed by atoms with E-state index in [2.05, 4.69) is 4.98 Å². The lowest BCUT2D eigenvalue weighted by atomic mass is 10.0. The Morgan fingerprint density at radius 3 is 2.50 bits per heavy atom. The molecule has 2 aromatic rings. The summed E-state index contributed by atoms with van der Waals surface area (Å²) in [6, 6.07) is 3.45. The summed E-state index contributed by atoms with van der Waals surface area (Å²) in [5.74, 6) is -2.21. The van der Waals surface area contributed by atoms with Crippen LogP contribution in [0.25, 0.3) is 10.9 Å². The largest absolute Gasteiger partial charge is 0.342 e. The van der Waals surface area contributed by atoms with Crippen molar-refractivity contribution in [3.05, 3.63) is 33.6 Å². The highest BCUT2D eigenvalue weighted by atomic mass is 19.3. The minimum atomic E-state index is -2.64. The molecule has 0 saturated carbocycles. The summed E-state index contributed by atoms with van der Waals surface area (Å²) in [5.41, 5.74) is 8.16. The third-order valence-corrected chi connectivity index (χ3v) is 4.60. The Morgan fingerprint density at radius 1 is 1.29 bits per heavy atom. The lowest BCUT2D eigenvalue weighted by molar-refractivity contribution is -0.0223. The summed E-state index contributed by atoms with van der Waals surface area (Å²) in [4.78, 5) is 19.1. The highest BCUT2D eigenvalue weighted by Gasteiger charge is 2.35. The van der Waals surface area contributed by atoms with Crippen molar-refractivity contribution in [2.45, 2.75) is 38.7 Å². The van der Waals surface area contributed by atoms with E-state index in [1.807, 2.05) is 19.9 Å². The first-order chi connectivity index (χ1) is 11.2. The lowest BCUT2D eigenvalue weighted by Gasteiger charge is -2.33. The van der Waals surface area contributed by atoms with E-state index in [4.69, 9.17) is 5.73 Å². The van der Waals surface area contributed by atoms with Crippen LogP contribution in [0.15, 0.2) is 16.9 Å². The molecule has 0 amide bonds. The fourth-order valence-electron chi connectivity index (χ4n) is 3.20. The predicted octanol–water partition coefficient (Wildman–Crippen LogP) is 2.50. The molecule has 3 rings (SSSR count). The molecule has 1 aromatic carbocycles. The zero-order valence-corrected chi connectivity index (χ0v) is 14.1. The first-order valence-electron chi connectivity index (χ1n) is 8.09. The number of aromatic nitrogens is 2. The van der Waals surface area contributed by atoms with Gasteiger partial charge in [0.05, 0.1) is 10.9 Å². The average Bonchev–Trinajstić information content (AvgIpc) is 2.51. The summed E-state index contributed by atoms with van der Waals surface area (Å²) in [6.45, 7) is 4.11. The summed E-state index contributed by atoms with van der Waals surface area (Å²) >= 11 is 0. The van der Waals surface area contributed by atoms with Gasteiger partial charge in [-0.05, 0) is 31.0 Å². The molecule has 0 spiro atoms. The molecule has 0 aliphatic carbocycles. The van der Waals surface area contributed by atoms with E-state index in [0.717, 1.165) is 11.1 Å². The molecule has 0 radical (unpaired) electrons. The second-order valence-corrected chi connectivity index (χ2v) is 6.66. The molecule has 7 heteroatoms. The van der Waals surface area contributed by atoms with Crippen LogP contribution in [-0.2, 0) is 7.05 Å². The number of nitrogens with zero attached hydrogens (tertiary/aromatic N) is 3. The minimum Gasteiger partial charge on any atom is -0.342 e. The topological polar surface area (TPSA) is 64.2 Å². The van der Waals surface area contributed by atoms with Crippen LogP contribution < -0.4 is 16.2 Å². The zero-order chi connectivity index (χ0) is 17.6. The van der Waals surface area contributed by atoms with Crippen molar-refractivity contribution in [2.24, 2.45) is 12.8 Å². The van der Waals surface area contributed by atoms with Gasteiger partial charge in [0.2, 0.25) is 5.95 Å². The number of piperidine rings is 1. The van der Waals surface area contributed by atoms with Gasteiger partial charge < -0.3 is 10.6 Å². The summed E-state index contributed by atoms with van der Waals surface area (Å²) in [7, 11) is 1.63. The van der Waals surface area contributed by atoms with Crippen molar-refractivity contribution in [1.29, 1.82) is 0 Å². The molecule has 1 saturated heterocycles. The number of hydrogen-bond acceptors (Lipinski definition) is 4. The fourth-order valence-corrected chi connectivity index (χ4v) is 3.20. The van der Waals surface area contributed by atoms with Crippen molar-refractivity contribution in [2.75, 3.05) is 18.0 Å². The summed E-state index contributed by atoms with van der Waals surface area (Å²) in [6.07, 6.45) is -0.454. The first-order valence-corrected chi connectivity index (χ1v) is 8.09. The van der Waals surface area contributed by atoms with E-state index in [1.165, 1.54) is 4.57 Å². The van der Waals surface area contributed by atoms with E-state index in [9.17, 15) is 13.6 Å². The van der Waals surface area contributed by atoms with E-state index in [-0.39, 0.29) is 37.5 Å². The van der Waals surface area contributed by atoms with E-state index in [0.29, 0.717) is 16.9 Å². The smallest absolute Gasteiger partial charge is 0.262 e. The summed E-state index contributed by atoms with van der Waals surface area (Å²) < 4.78 is 28.3. The SMILES string of the molecule is Cc1cc(C(C)N)c2nc(N3CCC(F)(F)CC3)n(C)c(=O)c2c1. The maximum Gasteiger partial charge on any atom is 0.262 e. The van der Waals surface area contributed by atoms with Crippen molar-refractivity contribution in [3.63, 3.8) is 0 Å². The standard InChI is InChI=1S/C17H22F2N4O/c1-10-8-12(11(2)20)14-13(9-10)15(24)22(3)16(21-14)23-6-4-17(18,19)5-7-23/h8-9,11H,4-7,20H2,1-3H3. The Hall–Kier alpha value is -2.02. The molecular formula is C17H22F2N4O. The van der Waals surface area contributed by atoms with Gasteiger partial charge in [-0.15, -0.1) is 0 Å². The molecule has 1 fully saturated rings. The van der Waals surface area contributed by atoms with Crippen LogP contribution >= 0.6 is 0 Å². The normalized spacial score (nSPS) is 18.8. The Balaban J connectivity index is 2.17. The quantitative estimate of drug-likeness (QED) is 0.915. The molecule has 130 valence electrons. The van der Waals surface area contributed by atoms with Gasteiger partial charge in [-0.3, -0.25) is 9.36 Å². The average molecular weight is 336 g/mol. The molecule has 1 aromatic heterocycles. The van der Waals surface area contributed by atoms with E-state index in [1.54, 1.807) is 18.0 Å². The number of anilines is 1. The van der Waals surface area contributed by atoms with Gasteiger partial charge in [0.15, 0.2) is 0 Å². The zero-order valence-electron chi connectivity index (χ0n) is 14.1. The van der Waals surface area contributed by atoms with Crippen LogP contribution in [-0.4, -0.2) is 28.6 Å². The van der Waals surface area contributed by atoms with Crippen LogP contribution in [0.3, 0.4) is 0 Å². The predicted molar refractivity (Wildman–Crippen MR) is 90.7 cm³/mol. The Kier molecular flexibility index (Phi) is 4.07. The number of halogens is 2. The van der Waals surface area contributed by atoms with E-state index >= 15 is 0 Å². The first kappa shape index (κ1) is 16.8. The Bertz CT molecular complexity index is 835. The fraction of sp³-hybridized carbons (Fsp3) is 0.529. The molecular weight excluding hydrogens is 314 g/mol. The molecule has 1 aliphatic heterocycles. The second-order valence-electron chi connectivity index (χ2n) is 6.66. The highest BCUT2D eigenvalue weighted by molar-refractivity contribution is 5.83. The molecule has 1 aliphatic rings. The number of benzene rings is 1. The number of rotatable bonds is 2. The van der Waals surface area contributed by atoms with E-state index < -0.39 is 5.92 Å². The van der Waals surface area contributed by atoms with Crippen molar-refractivity contribution >= 4 is 16.9 Å². The van der Waals surface area contributed by atoms with Crippen LogP contribution in [0.1, 0.15) is 36.9 Å². The van der Waals surface area contributed by atoms with Gasteiger partial charge in [-0.1, -0.05) is 6.07 Å². The van der Waals surface area contributed by atoms with Gasteiger partial charge in [0.1, 0.15) is 0 Å². The van der Waals surface area contributed by atoms with Gasteiger partial charge in [0.25, 0.3) is 11.5 Å². The number of hydrogen-bond donors (Lipinski definition) is 1. The van der Waals surface area contributed by atoms with Crippen molar-refractivity contribution < 1.29 is 8.78 Å². The third-order valence-electron chi connectivity index (χ3n) is 4.60. The van der Waals surface area contributed by atoms with Gasteiger partial charge in [0, 0.05) is 39.0 Å². The molecule has 5 nitrogen and oxygen atoms in total. The van der Waals surface area contributed by atoms with Gasteiger partial charge in [-0.2, -0.15) is 0 Å². The number of alkyl halides is 2. The van der Waals surface area contributed by atoms with Crippen LogP contribution in [0.4, 0.5) is 14.7 Å². The van der Waals surface area contributed by atoms with Crippen LogP contribution in [0, 0.1) is 6.92 Å². The molecule has 2 N–H and O–H groups in total. The minimum absolute atomic E-state index is 0.179. The Labute approximate surface area is 139 Å². The maximum atomic E-state index is 13.4. The van der Waals surface area contributed by atoms with Gasteiger partial charge in [-0.25, -0.2) is 13.8 Å². The summed E-state index contributed by atoms with van der Waals surface area (Å²) in [5, 5.41) is 0.510. The number of fused-ring (bicyclic) bond motifs is 1. The monoisotopic (exact) mass is 336 g/mol. The van der Waals surface area contributed by atoms with Crippen molar-refractivity contribution in [3.8, 4) is 0 Å². The molecule has 1 unspecified atom stereocenters. The number of aryl methyl sites for hydroxylation is 1. The van der Waals surface area contributed by atoms with Crippen LogP contribution in [0.5, 0.6) is 0 Å². The number of nitrogens with two attached hydrogens (primary N) is 1. The Morgan fingerprint density at radius 2 is 1.92 bits per heavy atom. The lowest BCUT2D eigenvalue weighted by Crippen LogP contribution is -2.42. The molecule has 24 heavy (non-hydrogen) atoms. The van der Waals surface area contributed by atoms with Crippen molar-refractivity contribution in [1.82, 2.24) is 9.55 Å². The third kappa shape index (κ3) is 2.88. The highest BCUT2D eigenvalue weighted by Crippen LogP contribution is 2.30. The molecule has 2 heterocycles. The van der Waals surface area contributed by atoms with Crippen LogP contribution in [0.2, 0.25) is 0 Å². The molecule has 0 bridgehead atoms. The molecule has 1 atom stereocenters. The van der Waals surface area contributed by atoms with Gasteiger partial charge >= 0.3 is 0 Å². The second kappa shape index (κ2) is 5.81.